The molecular weight excluding hydrogens is 273 g/mol. The van der Waals surface area contributed by atoms with E-state index in [1.54, 1.807) is 10.7 Å². The standard InChI is InChI=1S/C14H16FN5O/c1-20-5-4-9(19-20)6-16-8-13(21)10-2-3-12(15)14-11(10)7-17-18-14/h2-5,7,13,16,21H,6,8H2,1H3,(H,17,18)/t13-/m0/s1. The van der Waals surface area contributed by atoms with Gasteiger partial charge in [-0.15, -0.1) is 0 Å². The van der Waals surface area contributed by atoms with Crippen LogP contribution < -0.4 is 5.32 Å². The van der Waals surface area contributed by atoms with Crippen molar-refractivity contribution >= 4 is 10.9 Å². The number of benzene rings is 1. The van der Waals surface area contributed by atoms with E-state index in [0.717, 1.165) is 5.69 Å². The molecule has 0 bridgehead atoms. The third-order valence-electron chi connectivity index (χ3n) is 3.37. The number of aromatic amines is 1. The Morgan fingerprint density at radius 2 is 2.29 bits per heavy atom. The summed E-state index contributed by atoms with van der Waals surface area (Å²) < 4.78 is 15.3. The molecule has 3 aromatic rings. The lowest BCUT2D eigenvalue weighted by molar-refractivity contribution is 0.175. The van der Waals surface area contributed by atoms with Crippen LogP contribution in [0.25, 0.3) is 10.9 Å². The molecule has 2 heterocycles. The van der Waals surface area contributed by atoms with Crippen molar-refractivity contribution in [2.24, 2.45) is 7.05 Å². The fourth-order valence-corrected chi connectivity index (χ4v) is 2.32. The summed E-state index contributed by atoms with van der Waals surface area (Å²) in [5, 5.41) is 24.7. The lowest BCUT2D eigenvalue weighted by Crippen LogP contribution is -2.21. The van der Waals surface area contributed by atoms with Crippen molar-refractivity contribution in [2.75, 3.05) is 6.54 Å². The number of hydrogen-bond acceptors (Lipinski definition) is 4. The third-order valence-corrected chi connectivity index (χ3v) is 3.37. The predicted molar refractivity (Wildman–Crippen MR) is 75.9 cm³/mol. The van der Waals surface area contributed by atoms with E-state index in [1.165, 1.54) is 12.3 Å². The van der Waals surface area contributed by atoms with Gasteiger partial charge in [-0.3, -0.25) is 9.78 Å². The fourth-order valence-electron chi connectivity index (χ4n) is 2.32. The second-order valence-electron chi connectivity index (χ2n) is 4.92. The third kappa shape index (κ3) is 2.79. The molecule has 2 aromatic heterocycles. The van der Waals surface area contributed by atoms with Gasteiger partial charge in [-0.2, -0.15) is 10.2 Å². The summed E-state index contributed by atoms with van der Waals surface area (Å²) in [5.41, 5.74) is 1.86. The van der Waals surface area contributed by atoms with Crippen LogP contribution in [0.4, 0.5) is 4.39 Å². The van der Waals surface area contributed by atoms with Crippen LogP contribution in [0, 0.1) is 5.82 Å². The van der Waals surface area contributed by atoms with E-state index in [1.807, 2.05) is 19.3 Å². The molecule has 0 aliphatic carbocycles. The Morgan fingerprint density at radius 3 is 3.05 bits per heavy atom. The largest absolute Gasteiger partial charge is 0.387 e. The number of aryl methyl sites for hydroxylation is 1. The molecule has 7 heteroatoms. The van der Waals surface area contributed by atoms with E-state index < -0.39 is 6.10 Å². The summed E-state index contributed by atoms with van der Waals surface area (Å²) in [7, 11) is 1.85. The van der Waals surface area contributed by atoms with Gasteiger partial charge in [0, 0.05) is 31.7 Å². The average molecular weight is 289 g/mol. The second kappa shape index (κ2) is 5.63. The van der Waals surface area contributed by atoms with Gasteiger partial charge in [-0.05, 0) is 17.7 Å². The zero-order chi connectivity index (χ0) is 14.8. The first-order valence-corrected chi connectivity index (χ1v) is 6.64. The maximum absolute atomic E-state index is 13.6. The van der Waals surface area contributed by atoms with Crippen molar-refractivity contribution in [2.45, 2.75) is 12.6 Å². The summed E-state index contributed by atoms with van der Waals surface area (Å²) in [4.78, 5) is 0. The Labute approximate surface area is 120 Å². The van der Waals surface area contributed by atoms with E-state index in [0.29, 0.717) is 29.6 Å². The lowest BCUT2D eigenvalue weighted by atomic mass is 10.0. The summed E-state index contributed by atoms with van der Waals surface area (Å²) in [6.45, 7) is 0.913. The average Bonchev–Trinajstić information content (AvgIpc) is 3.09. The summed E-state index contributed by atoms with van der Waals surface area (Å²) >= 11 is 0. The predicted octanol–water partition coefficient (Wildman–Crippen LogP) is 1.26. The molecule has 0 fully saturated rings. The van der Waals surface area contributed by atoms with Crippen LogP contribution in [-0.2, 0) is 13.6 Å². The van der Waals surface area contributed by atoms with Gasteiger partial charge in [0.05, 0.1) is 18.0 Å². The molecule has 21 heavy (non-hydrogen) atoms. The van der Waals surface area contributed by atoms with Crippen molar-refractivity contribution in [3.05, 3.63) is 47.7 Å². The van der Waals surface area contributed by atoms with Gasteiger partial charge in [-0.25, -0.2) is 4.39 Å². The summed E-state index contributed by atoms with van der Waals surface area (Å²) in [6.07, 6.45) is 2.65. The van der Waals surface area contributed by atoms with Crippen molar-refractivity contribution < 1.29 is 9.50 Å². The number of H-pyrrole nitrogens is 1. The number of nitrogens with zero attached hydrogens (tertiary/aromatic N) is 3. The van der Waals surface area contributed by atoms with Crippen LogP contribution in [0.2, 0.25) is 0 Å². The van der Waals surface area contributed by atoms with Crippen LogP contribution >= 0.6 is 0 Å². The van der Waals surface area contributed by atoms with Gasteiger partial charge in [0.15, 0.2) is 0 Å². The zero-order valence-corrected chi connectivity index (χ0v) is 11.5. The molecule has 0 spiro atoms. The molecule has 0 amide bonds. The molecule has 6 nitrogen and oxygen atoms in total. The van der Waals surface area contributed by atoms with Crippen LogP contribution in [-0.4, -0.2) is 31.6 Å². The fraction of sp³-hybridized carbons (Fsp3) is 0.286. The zero-order valence-electron chi connectivity index (χ0n) is 11.5. The summed E-state index contributed by atoms with van der Waals surface area (Å²) in [6, 6.07) is 4.82. The van der Waals surface area contributed by atoms with Gasteiger partial charge < -0.3 is 10.4 Å². The highest BCUT2D eigenvalue weighted by Gasteiger charge is 2.14. The van der Waals surface area contributed by atoms with Gasteiger partial charge in [-0.1, -0.05) is 6.07 Å². The molecule has 3 rings (SSSR count). The van der Waals surface area contributed by atoms with Crippen molar-refractivity contribution in [1.82, 2.24) is 25.3 Å². The Balaban J connectivity index is 1.68. The molecule has 0 aliphatic rings. The number of fused-ring (bicyclic) bond motifs is 1. The lowest BCUT2D eigenvalue weighted by Gasteiger charge is -2.12. The SMILES string of the molecule is Cn1ccc(CNC[C@H](O)c2ccc(F)c3[nH]ncc23)n1. The number of aromatic nitrogens is 4. The first-order valence-electron chi connectivity index (χ1n) is 6.64. The number of nitrogens with one attached hydrogen (secondary N) is 2. The quantitative estimate of drug-likeness (QED) is 0.660. The van der Waals surface area contributed by atoms with Crippen molar-refractivity contribution in [1.29, 1.82) is 0 Å². The number of hydrogen-bond donors (Lipinski definition) is 3. The minimum atomic E-state index is -0.741. The van der Waals surface area contributed by atoms with Gasteiger partial charge in [0.1, 0.15) is 11.3 Å². The Kier molecular flexibility index (Phi) is 3.68. The maximum Gasteiger partial charge on any atom is 0.148 e. The van der Waals surface area contributed by atoms with Gasteiger partial charge in [0.25, 0.3) is 0 Å². The molecule has 0 saturated heterocycles. The monoisotopic (exact) mass is 289 g/mol. The van der Waals surface area contributed by atoms with Crippen molar-refractivity contribution in [3.63, 3.8) is 0 Å². The highest BCUT2D eigenvalue weighted by molar-refractivity contribution is 5.82. The Hall–Kier alpha value is -2.25. The smallest absolute Gasteiger partial charge is 0.148 e. The van der Waals surface area contributed by atoms with Crippen LogP contribution in [0.1, 0.15) is 17.4 Å². The first-order chi connectivity index (χ1) is 10.1. The van der Waals surface area contributed by atoms with E-state index in [9.17, 15) is 9.50 Å². The van der Waals surface area contributed by atoms with Crippen LogP contribution in [0.3, 0.4) is 0 Å². The Morgan fingerprint density at radius 1 is 1.43 bits per heavy atom. The van der Waals surface area contributed by atoms with Gasteiger partial charge >= 0.3 is 0 Å². The van der Waals surface area contributed by atoms with Crippen LogP contribution in [0.5, 0.6) is 0 Å². The molecule has 110 valence electrons. The van der Waals surface area contributed by atoms with Gasteiger partial charge in [0.2, 0.25) is 0 Å². The van der Waals surface area contributed by atoms with Crippen molar-refractivity contribution in [3.8, 4) is 0 Å². The Bertz CT molecular complexity index is 751. The number of aliphatic hydroxyl groups is 1. The molecule has 1 aromatic carbocycles. The minimum absolute atomic E-state index is 0.316. The molecule has 0 saturated carbocycles. The highest BCUT2D eigenvalue weighted by atomic mass is 19.1. The maximum atomic E-state index is 13.6. The second-order valence-corrected chi connectivity index (χ2v) is 4.92. The first kappa shape index (κ1) is 13.7. The highest BCUT2D eigenvalue weighted by Crippen LogP contribution is 2.24. The van der Waals surface area contributed by atoms with E-state index in [4.69, 9.17) is 0 Å². The molecule has 3 N–H and O–H groups in total. The molecule has 1 atom stereocenters. The molecule has 0 aliphatic heterocycles. The number of rotatable bonds is 5. The number of aliphatic hydroxyl groups excluding tert-OH is 1. The van der Waals surface area contributed by atoms with E-state index in [-0.39, 0.29) is 5.82 Å². The normalized spacial score (nSPS) is 12.9. The number of halogens is 1. The topological polar surface area (TPSA) is 78.8 Å². The minimum Gasteiger partial charge on any atom is -0.387 e. The molecule has 0 unspecified atom stereocenters. The summed E-state index contributed by atoms with van der Waals surface area (Å²) in [5.74, 6) is -0.375. The molecule has 0 radical (unpaired) electrons. The molecular formula is C14H16FN5O. The van der Waals surface area contributed by atoms with E-state index in [2.05, 4.69) is 20.6 Å². The van der Waals surface area contributed by atoms with E-state index >= 15 is 0 Å². The van der Waals surface area contributed by atoms with Crippen LogP contribution in [0.15, 0.2) is 30.6 Å².